The average Bonchev–Trinajstić information content (AvgIpc) is 2.19. The smallest absolute Gasteiger partial charge is 0.227 e. The van der Waals surface area contributed by atoms with Gasteiger partial charge in [-0.25, -0.2) is 0 Å². The number of anilines is 1. The molecule has 0 saturated heterocycles. The van der Waals surface area contributed by atoms with E-state index < -0.39 is 0 Å². The molecule has 80 valence electrons. The quantitative estimate of drug-likeness (QED) is 0.327. The molecular formula is C9H13N5O. The Hall–Kier alpha value is -2.08. The van der Waals surface area contributed by atoms with E-state index in [9.17, 15) is 0 Å². The first kappa shape index (κ1) is 11.0. The van der Waals surface area contributed by atoms with Gasteiger partial charge in [0.25, 0.3) is 0 Å². The molecule has 5 N–H and O–H groups in total. The van der Waals surface area contributed by atoms with Crippen molar-refractivity contribution in [2.24, 2.45) is 5.73 Å². The summed E-state index contributed by atoms with van der Waals surface area (Å²) in [5.74, 6) is -0.470. The van der Waals surface area contributed by atoms with E-state index >= 15 is 0 Å². The van der Waals surface area contributed by atoms with Crippen molar-refractivity contribution in [3.63, 3.8) is 0 Å². The summed E-state index contributed by atoms with van der Waals surface area (Å²) in [5, 5.41) is 18.3. The van der Waals surface area contributed by atoms with Gasteiger partial charge in [0.15, 0.2) is 0 Å². The molecule has 0 unspecified atom stereocenters. The number of benzene rings is 1. The number of nitrogens with zero attached hydrogens (tertiary/aromatic N) is 1. The van der Waals surface area contributed by atoms with Crippen LogP contribution >= 0.6 is 0 Å². The van der Waals surface area contributed by atoms with Crippen LogP contribution in [0.2, 0.25) is 0 Å². The minimum atomic E-state index is -0.356. The fourth-order valence-electron chi connectivity index (χ4n) is 1.02. The van der Waals surface area contributed by atoms with Gasteiger partial charge in [-0.2, -0.15) is 5.06 Å². The zero-order valence-electron chi connectivity index (χ0n) is 8.32. The Kier molecular flexibility index (Phi) is 3.64. The number of nitrogens with one attached hydrogen (secondary N) is 3. The highest BCUT2D eigenvalue weighted by Gasteiger charge is 2.11. The summed E-state index contributed by atoms with van der Waals surface area (Å²) in [5.41, 5.74) is 5.93. The second kappa shape index (κ2) is 4.97. The largest absolute Gasteiger partial charge is 0.368 e. The molecule has 15 heavy (non-hydrogen) atoms. The van der Waals surface area contributed by atoms with E-state index in [0.29, 0.717) is 0 Å². The maximum Gasteiger partial charge on any atom is 0.227 e. The number of hydrogen-bond donors (Lipinski definition) is 4. The van der Waals surface area contributed by atoms with Gasteiger partial charge in [-0.3, -0.25) is 15.7 Å². The maximum atomic E-state index is 7.58. The first-order chi connectivity index (χ1) is 7.15. The minimum absolute atomic E-state index is 0.115. The Labute approximate surface area is 87.6 Å². The van der Waals surface area contributed by atoms with Crippen LogP contribution in [-0.2, 0) is 4.84 Å². The van der Waals surface area contributed by atoms with E-state index in [2.05, 4.69) is 5.32 Å². The van der Waals surface area contributed by atoms with Gasteiger partial charge in [-0.05, 0) is 12.1 Å². The fourth-order valence-corrected chi connectivity index (χ4v) is 1.02. The van der Waals surface area contributed by atoms with Gasteiger partial charge in [0.05, 0.1) is 7.11 Å². The van der Waals surface area contributed by atoms with Crippen LogP contribution in [0, 0.1) is 10.8 Å². The van der Waals surface area contributed by atoms with E-state index in [-0.39, 0.29) is 11.9 Å². The van der Waals surface area contributed by atoms with Crippen LogP contribution in [0.4, 0.5) is 5.69 Å². The third-order valence-corrected chi connectivity index (χ3v) is 1.64. The van der Waals surface area contributed by atoms with Crippen molar-refractivity contribution in [1.29, 1.82) is 10.8 Å². The summed E-state index contributed by atoms with van der Waals surface area (Å²) < 4.78 is 0. The van der Waals surface area contributed by atoms with Crippen molar-refractivity contribution in [2.45, 2.75) is 0 Å². The average molecular weight is 207 g/mol. The van der Waals surface area contributed by atoms with Crippen molar-refractivity contribution >= 4 is 17.6 Å². The molecule has 0 aliphatic rings. The van der Waals surface area contributed by atoms with Crippen molar-refractivity contribution in [3.8, 4) is 0 Å². The van der Waals surface area contributed by atoms with Crippen molar-refractivity contribution in [3.05, 3.63) is 30.3 Å². The molecule has 6 nitrogen and oxygen atoms in total. The highest BCUT2D eigenvalue weighted by molar-refractivity contribution is 6.00. The lowest BCUT2D eigenvalue weighted by Crippen LogP contribution is -2.43. The minimum Gasteiger partial charge on any atom is -0.368 e. The van der Waals surface area contributed by atoms with Gasteiger partial charge in [-0.1, -0.05) is 18.2 Å². The normalized spacial score (nSPS) is 9.40. The number of para-hydroxylation sites is 1. The predicted octanol–water partition coefficient (Wildman–Crippen LogP) is 0.790. The third kappa shape index (κ3) is 2.96. The molecule has 0 fully saturated rings. The molecule has 0 saturated carbocycles. The van der Waals surface area contributed by atoms with Crippen LogP contribution in [0.1, 0.15) is 0 Å². The Morgan fingerprint density at radius 2 is 1.93 bits per heavy atom. The summed E-state index contributed by atoms with van der Waals surface area (Å²) >= 11 is 0. The molecule has 0 aromatic heterocycles. The number of nitrogens with two attached hydrogens (primary N) is 1. The van der Waals surface area contributed by atoms with Crippen LogP contribution < -0.4 is 11.1 Å². The molecule has 6 heteroatoms. The summed E-state index contributed by atoms with van der Waals surface area (Å²) in [7, 11) is 1.34. The Morgan fingerprint density at radius 1 is 1.33 bits per heavy atom. The number of rotatable bonds is 2. The van der Waals surface area contributed by atoms with E-state index in [0.717, 1.165) is 10.8 Å². The molecule has 0 amide bonds. The van der Waals surface area contributed by atoms with E-state index in [1.807, 2.05) is 18.2 Å². The Bertz CT molecular complexity index is 351. The molecule has 0 bridgehead atoms. The van der Waals surface area contributed by atoms with Crippen LogP contribution in [0.15, 0.2) is 30.3 Å². The molecule has 0 atom stereocenters. The van der Waals surface area contributed by atoms with Crippen LogP contribution in [-0.4, -0.2) is 24.1 Å². The van der Waals surface area contributed by atoms with Gasteiger partial charge in [0.1, 0.15) is 0 Å². The van der Waals surface area contributed by atoms with E-state index in [1.54, 1.807) is 12.1 Å². The molecule has 1 aromatic rings. The lowest BCUT2D eigenvalue weighted by Gasteiger charge is -2.20. The van der Waals surface area contributed by atoms with E-state index in [4.69, 9.17) is 21.4 Å². The standard InChI is InChI=1S/C9H13N5O/c1-15-14(8(10)11)9(12)13-7-5-3-2-4-6-7/h2-6H,1H3,(H3,10,11)(H2,12,13). The summed E-state index contributed by atoms with van der Waals surface area (Å²) in [6.07, 6.45) is 0. The van der Waals surface area contributed by atoms with E-state index in [1.165, 1.54) is 7.11 Å². The van der Waals surface area contributed by atoms with Gasteiger partial charge in [0.2, 0.25) is 11.9 Å². The molecule has 1 rings (SSSR count). The second-order valence-electron chi connectivity index (χ2n) is 2.70. The Morgan fingerprint density at radius 3 is 2.40 bits per heavy atom. The SMILES string of the molecule is CON(C(=N)N)C(=N)Nc1ccccc1. The molecule has 0 radical (unpaired) electrons. The molecule has 0 heterocycles. The lowest BCUT2D eigenvalue weighted by molar-refractivity contribution is -0.00235. The topological polar surface area (TPSA) is 98.2 Å². The van der Waals surface area contributed by atoms with Gasteiger partial charge < -0.3 is 11.1 Å². The monoisotopic (exact) mass is 207 g/mol. The first-order valence-corrected chi connectivity index (χ1v) is 4.24. The lowest BCUT2D eigenvalue weighted by atomic mass is 10.3. The van der Waals surface area contributed by atoms with Crippen LogP contribution in [0.5, 0.6) is 0 Å². The van der Waals surface area contributed by atoms with Gasteiger partial charge >= 0.3 is 0 Å². The van der Waals surface area contributed by atoms with Crippen molar-refractivity contribution in [2.75, 3.05) is 12.4 Å². The highest BCUT2D eigenvalue weighted by atomic mass is 16.7. The summed E-state index contributed by atoms with van der Waals surface area (Å²) in [6.45, 7) is 0. The van der Waals surface area contributed by atoms with Crippen molar-refractivity contribution < 1.29 is 4.84 Å². The number of guanidine groups is 2. The fraction of sp³-hybridized carbons (Fsp3) is 0.111. The zero-order valence-corrected chi connectivity index (χ0v) is 8.32. The third-order valence-electron chi connectivity index (χ3n) is 1.64. The van der Waals surface area contributed by atoms with Gasteiger partial charge in [-0.15, -0.1) is 0 Å². The molecule has 1 aromatic carbocycles. The number of hydrogen-bond acceptors (Lipinski definition) is 3. The number of hydroxylamine groups is 2. The summed E-state index contributed by atoms with van der Waals surface area (Å²) in [4.78, 5) is 4.74. The molecule has 0 spiro atoms. The van der Waals surface area contributed by atoms with Crippen molar-refractivity contribution in [1.82, 2.24) is 5.06 Å². The van der Waals surface area contributed by atoms with Gasteiger partial charge in [0, 0.05) is 5.69 Å². The van der Waals surface area contributed by atoms with Crippen LogP contribution in [0.3, 0.4) is 0 Å². The highest BCUT2D eigenvalue weighted by Crippen LogP contribution is 2.05. The second-order valence-corrected chi connectivity index (χ2v) is 2.70. The molecule has 0 aliphatic carbocycles. The zero-order chi connectivity index (χ0) is 11.3. The van der Waals surface area contributed by atoms with Crippen LogP contribution in [0.25, 0.3) is 0 Å². The summed E-state index contributed by atoms with van der Waals surface area (Å²) in [6, 6.07) is 9.12. The molecule has 0 aliphatic heterocycles. The predicted molar refractivity (Wildman–Crippen MR) is 58.6 cm³/mol. The Balaban J connectivity index is 2.66. The maximum absolute atomic E-state index is 7.58. The first-order valence-electron chi connectivity index (χ1n) is 4.24. The molecular weight excluding hydrogens is 194 g/mol.